The van der Waals surface area contributed by atoms with Gasteiger partial charge in [0.2, 0.25) is 0 Å². The first-order valence-electron chi connectivity index (χ1n) is 8.34. The highest BCUT2D eigenvalue weighted by atomic mass is 16.4. The van der Waals surface area contributed by atoms with E-state index in [1.807, 2.05) is 19.9 Å². The summed E-state index contributed by atoms with van der Waals surface area (Å²) >= 11 is 0. The number of carbonyl (C=O) groups is 1. The molecule has 0 unspecified atom stereocenters. The number of hydrogen-bond donors (Lipinski definition) is 1. The third kappa shape index (κ3) is 2.18. The number of carboxylic acids is 1. The predicted molar refractivity (Wildman–Crippen MR) is 88.3 cm³/mol. The molecule has 1 N–H and O–H groups in total. The highest BCUT2D eigenvalue weighted by Gasteiger charge is 2.55. The second-order valence-electron chi connectivity index (χ2n) is 7.01. The number of anilines is 1. The Labute approximate surface area is 140 Å². The van der Waals surface area contributed by atoms with E-state index in [1.54, 1.807) is 17.1 Å². The van der Waals surface area contributed by atoms with Gasteiger partial charge in [-0.05, 0) is 38.7 Å². The van der Waals surface area contributed by atoms with Crippen LogP contribution in [0.2, 0.25) is 0 Å². The number of aliphatic carboxylic acids is 1. The van der Waals surface area contributed by atoms with Gasteiger partial charge in [0.05, 0.1) is 23.5 Å². The van der Waals surface area contributed by atoms with Gasteiger partial charge in [0, 0.05) is 18.8 Å². The van der Waals surface area contributed by atoms with Crippen molar-refractivity contribution in [1.82, 2.24) is 19.7 Å². The van der Waals surface area contributed by atoms with Crippen LogP contribution in [0.5, 0.6) is 0 Å². The molecule has 0 amide bonds. The Morgan fingerprint density at radius 2 is 2.12 bits per heavy atom. The van der Waals surface area contributed by atoms with Gasteiger partial charge in [-0.15, -0.1) is 0 Å². The Hall–Kier alpha value is -2.44. The lowest BCUT2D eigenvalue weighted by Gasteiger charge is -2.23. The van der Waals surface area contributed by atoms with Gasteiger partial charge in [-0.25, -0.2) is 9.67 Å². The zero-order valence-corrected chi connectivity index (χ0v) is 13.9. The number of aromatic nitrogens is 4. The van der Waals surface area contributed by atoms with E-state index in [-0.39, 0.29) is 5.92 Å². The first kappa shape index (κ1) is 15.1. The summed E-state index contributed by atoms with van der Waals surface area (Å²) in [5.41, 5.74) is 1.31. The summed E-state index contributed by atoms with van der Waals surface area (Å²) < 4.78 is 1.77. The summed E-state index contributed by atoms with van der Waals surface area (Å²) in [6, 6.07) is 1.99. The molecule has 2 aromatic heterocycles. The van der Waals surface area contributed by atoms with Crippen molar-refractivity contribution in [2.75, 3.05) is 18.0 Å². The van der Waals surface area contributed by atoms with E-state index in [9.17, 15) is 9.90 Å². The van der Waals surface area contributed by atoms with Gasteiger partial charge in [0.25, 0.3) is 0 Å². The summed E-state index contributed by atoms with van der Waals surface area (Å²) in [5.74, 6) is 0.930. The lowest BCUT2D eigenvalue weighted by atomic mass is 9.81. The van der Waals surface area contributed by atoms with Gasteiger partial charge < -0.3 is 10.0 Å². The summed E-state index contributed by atoms with van der Waals surface area (Å²) in [4.78, 5) is 22.9. The van der Waals surface area contributed by atoms with Crippen LogP contribution in [-0.4, -0.2) is 43.9 Å². The Morgan fingerprint density at radius 1 is 1.33 bits per heavy atom. The molecule has 4 rings (SSSR count). The van der Waals surface area contributed by atoms with Crippen molar-refractivity contribution < 1.29 is 9.90 Å². The van der Waals surface area contributed by atoms with Gasteiger partial charge in [-0.1, -0.05) is 6.42 Å². The molecule has 2 fully saturated rings. The molecule has 126 valence electrons. The molecule has 0 bridgehead atoms. The van der Waals surface area contributed by atoms with Crippen LogP contribution in [0, 0.1) is 25.2 Å². The smallest absolute Gasteiger partial charge is 0.311 e. The van der Waals surface area contributed by atoms with E-state index in [0.29, 0.717) is 12.4 Å². The van der Waals surface area contributed by atoms with Crippen molar-refractivity contribution in [1.29, 1.82) is 0 Å². The van der Waals surface area contributed by atoms with Crippen LogP contribution in [0.25, 0.3) is 5.82 Å². The van der Waals surface area contributed by atoms with Crippen molar-refractivity contribution in [3.05, 3.63) is 29.8 Å². The molecule has 24 heavy (non-hydrogen) atoms. The highest BCUT2D eigenvalue weighted by molar-refractivity contribution is 5.77. The second-order valence-corrected chi connectivity index (χ2v) is 7.01. The SMILES string of the molecule is Cc1cc(C)n(-c2cncc(N3C[C@@H]4CCC[C@@]4(C(=O)O)C3)n2)n1. The molecule has 0 radical (unpaired) electrons. The molecule has 1 aliphatic carbocycles. The van der Waals surface area contributed by atoms with Crippen molar-refractivity contribution in [3.8, 4) is 5.82 Å². The van der Waals surface area contributed by atoms with Gasteiger partial charge >= 0.3 is 5.97 Å². The highest BCUT2D eigenvalue weighted by Crippen LogP contribution is 2.49. The van der Waals surface area contributed by atoms with Crippen molar-refractivity contribution in [3.63, 3.8) is 0 Å². The largest absolute Gasteiger partial charge is 0.481 e. The third-order valence-corrected chi connectivity index (χ3v) is 5.46. The van der Waals surface area contributed by atoms with Crippen LogP contribution in [0.3, 0.4) is 0 Å². The molecule has 0 aromatic carbocycles. The molecule has 3 heterocycles. The predicted octanol–water partition coefficient (Wildman–Crippen LogP) is 1.97. The molecular formula is C17H21N5O2. The zero-order chi connectivity index (χ0) is 16.9. The lowest BCUT2D eigenvalue weighted by Crippen LogP contribution is -2.35. The first-order valence-corrected chi connectivity index (χ1v) is 8.34. The summed E-state index contributed by atoms with van der Waals surface area (Å²) in [7, 11) is 0. The molecule has 2 aliphatic rings. The maximum atomic E-state index is 11.8. The maximum Gasteiger partial charge on any atom is 0.311 e. The molecule has 2 atom stereocenters. The van der Waals surface area contributed by atoms with Crippen LogP contribution in [-0.2, 0) is 4.79 Å². The van der Waals surface area contributed by atoms with Crippen molar-refractivity contribution in [2.45, 2.75) is 33.1 Å². The molecule has 1 saturated carbocycles. The van der Waals surface area contributed by atoms with E-state index < -0.39 is 11.4 Å². The average Bonchev–Trinajstić information content (AvgIpc) is 3.19. The van der Waals surface area contributed by atoms with E-state index in [1.165, 1.54) is 0 Å². The minimum atomic E-state index is -0.671. The fraction of sp³-hybridized carbons (Fsp3) is 0.529. The third-order valence-electron chi connectivity index (χ3n) is 5.46. The zero-order valence-electron chi connectivity index (χ0n) is 13.9. The normalized spacial score (nSPS) is 25.9. The standard InChI is InChI=1S/C17H21N5O2/c1-11-6-12(2)22(20-11)15-8-18-7-14(19-15)21-9-13-4-3-5-17(13,10-21)16(23)24/h6-8,13H,3-5,9-10H2,1-2H3,(H,23,24)/t13-,17+/m0/s1. The van der Waals surface area contributed by atoms with Crippen LogP contribution < -0.4 is 4.90 Å². The monoisotopic (exact) mass is 327 g/mol. The Morgan fingerprint density at radius 3 is 2.79 bits per heavy atom. The molecule has 7 heteroatoms. The number of hydrogen-bond acceptors (Lipinski definition) is 5. The molecule has 7 nitrogen and oxygen atoms in total. The summed E-state index contributed by atoms with van der Waals surface area (Å²) in [5, 5.41) is 14.2. The fourth-order valence-corrected chi connectivity index (χ4v) is 4.27. The summed E-state index contributed by atoms with van der Waals surface area (Å²) in [6.45, 7) is 5.18. The van der Waals surface area contributed by atoms with Gasteiger partial charge in [0.1, 0.15) is 5.82 Å². The van der Waals surface area contributed by atoms with Gasteiger partial charge in [0.15, 0.2) is 5.82 Å². The molecule has 0 spiro atoms. The fourth-order valence-electron chi connectivity index (χ4n) is 4.27. The molecule has 1 aliphatic heterocycles. The van der Waals surface area contributed by atoms with Crippen LogP contribution >= 0.6 is 0 Å². The van der Waals surface area contributed by atoms with E-state index >= 15 is 0 Å². The van der Waals surface area contributed by atoms with Crippen LogP contribution in [0.4, 0.5) is 5.82 Å². The van der Waals surface area contributed by atoms with E-state index in [2.05, 4.69) is 20.0 Å². The van der Waals surface area contributed by atoms with E-state index in [4.69, 9.17) is 0 Å². The molecular weight excluding hydrogens is 306 g/mol. The van der Waals surface area contributed by atoms with Crippen LogP contribution in [0.15, 0.2) is 18.5 Å². The van der Waals surface area contributed by atoms with Gasteiger partial charge in [-0.2, -0.15) is 5.10 Å². The number of carboxylic acid groups (broad SMARTS) is 1. The first-order chi connectivity index (χ1) is 11.5. The Bertz CT molecular complexity index is 802. The minimum absolute atomic E-state index is 0.203. The average molecular weight is 327 g/mol. The minimum Gasteiger partial charge on any atom is -0.481 e. The maximum absolute atomic E-state index is 11.8. The molecule has 1 saturated heterocycles. The Balaban J connectivity index is 1.66. The van der Waals surface area contributed by atoms with Crippen molar-refractivity contribution >= 4 is 11.8 Å². The quantitative estimate of drug-likeness (QED) is 0.928. The lowest BCUT2D eigenvalue weighted by molar-refractivity contribution is -0.149. The van der Waals surface area contributed by atoms with Gasteiger partial charge in [-0.3, -0.25) is 9.78 Å². The number of rotatable bonds is 3. The summed E-state index contributed by atoms with van der Waals surface area (Å²) in [6.07, 6.45) is 6.14. The van der Waals surface area contributed by atoms with E-state index in [0.717, 1.165) is 43.0 Å². The van der Waals surface area contributed by atoms with Crippen LogP contribution in [0.1, 0.15) is 30.7 Å². The topological polar surface area (TPSA) is 84.1 Å². The molecule has 2 aromatic rings. The second kappa shape index (κ2) is 5.29. The number of nitrogens with zero attached hydrogens (tertiary/aromatic N) is 5. The Kier molecular flexibility index (Phi) is 3.33. The number of aryl methyl sites for hydroxylation is 2. The number of fused-ring (bicyclic) bond motifs is 1. The van der Waals surface area contributed by atoms with Crippen molar-refractivity contribution in [2.24, 2.45) is 11.3 Å².